The average molecular weight is 860 g/mol. The molecule has 0 bridgehead atoms. The highest BCUT2D eigenvalue weighted by molar-refractivity contribution is 6.23. The molecule has 0 atom stereocenters. The van der Waals surface area contributed by atoms with E-state index in [0.717, 1.165) is 93.9 Å². The van der Waals surface area contributed by atoms with E-state index in [1.54, 1.807) is 0 Å². The standard InChI is InChI=1S/C64H40N2O/c1-4-18-41(19-5-1)57-52-29-12-14-31-54(52)60(55-32-15-13-30-53(55)57)64-58(42-20-6-2-7-21-42)59(63(67-64)45-22-8-3-9-23-45)47-25-16-24-46(40-47)48-36-37-51(50-28-11-10-27-49(48)50)56-38-35-44-34-33-43-26-17-39-65-61(43)62(44)66-56/h1-40H/i17D,26D,33D,34D,35D,38D,39D. The van der Waals surface area contributed by atoms with Crippen LogP contribution < -0.4 is 0 Å². The van der Waals surface area contributed by atoms with Crippen molar-refractivity contribution < 1.29 is 14.0 Å². The first kappa shape index (κ1) is 31.9. The molecule has 0 aliphatic heterocycles. The van der Waals surface area contributed by atoms with Crippen molar-refractivity contribution in [3.63, 3.8) is 0 Å². The number of aromatic nitrogens is 2. The lowest BCUT2D eigenvalue weighted by molar-refractivity contribution is 0.600. The van der Waals surface area contributed by atoms with Gasteiger partial charge in [-0.3, -0.25) is 4.98 Å². The molecule has 3 heterocycles. The Labute approximate surface area is 397 Å². The van der Waals surface area contributed by atoms with Crippen LogP contribution in [0, 0.1) is 0 Å². The molecular weight excluding hydrogens is 813 g/mol. The summed E-state index contributed by atoms with van der Waals surface area (Å²) < 4.78 is 68.7. The summed E-state index contributed by atoms with van der Waals surface area (Å²) >= 11 is 0. The van der Waals surface area contributed by atoms with E-state index in [4.69, 9.17) is 16.3 Å². The Balaban J connectivity index is 1.05. The van der Waals surface area contributed by atoms with Gasteiger partial charge in [-0.25, -0.2) is 4.98 Å². The van der Waals surface area contributed by atoms with Crippen LogP contribution in [0.2, 0.25) is 0 Å². The molecule has 0 saturated heterocycles. The smallest absolute Gasteiger partial charge is 0.144 e. The van der Waals surface area contributed by atoms with Crippen LogP contribution in [0.25, 0.3) is 133 Å². The Hall–Kier alpha value is -8.92. The fourth-order valence-corrected chi connectivity index (χ4v) is 9.89. The summed E-state index contributed by atoms with van der Waals surface area (Å²) in [7, 11) is 0. The van der Waals surface area contributed by atoms with Crippen LogP contribution in [-0.4, -0.2) is 9.97 Å². The van der Waals surface area contributed by atoms with E-state index in [1.165, 1.54) is 5.56 Å². The third-order valence-corrected chi connectivity index (χ3v) is 12.8. The van der Waals surface area contributed by atoms with E-state index < -0.39 is 24.3 Å². The van der Waals surface area contributed by atoms with E-state index in [1.807, 2.05) is 60.7 Å². The summed E-state index contributed by atoms with van der Waals surface area (Å²) in [6, 6.07) is 66.7. The second-order valence-electron chi connectivity index (χ2n) is 16.6. The Morgan fingerprint density at radius 3 is 1.48 bits per heavy atom. The maximum absolute atomic E-state index is 9.28. The number of hydrogen-bond acceptors (Lipinski definition) is 3. The number of pyridine rings is 2. The SMILES string of the molecule is [2H]c1nc2c(c([2H])c1[2H])c([2H])c([2H])c1c([2H])c([2H])c(-c3ccc(-c4cccc(-c5c(-c6ccccc6)oc(-c6c7ccccc7c(-c7ccccc7)c7ccccc67)c5-c5ccccc5)c4)c4ccccc34)nc12. The van der Waals surface area contributed by atoms with Gasteiger partial charge >= 0.3 is 0 Å². The molecule has 10 aromatic carbocycles. The van der Waals surface area contributed by atoms with Crippen molar-refractivity contribution in [2.75, 3.05) is 0 Å². The molecule has 0 radical (unpaired) electrons. The zero-order valence-electron chi connectivity index (χ0n) is 42.9. The van der Waals surface area contributed by atoms with Gasteiger partial charge in [0.15, 0.2) is 0 Å². The normalized spacial score (nSPS) is 13.0. The van der Waals surface area contributed by atoms with Crippen molar-refractivity contribution in [2.24, 2.45) is 0 Å². The number of furan rings is 1. The van der Waals surface area contributed by atoms with Gasteiger partial charge in [0.2, 0.25) is 0 Å². The fraction of sp³-hybridized carbons (Fsp3) is 0. The Morgan fingerprint density at radius 2 is 0.821 bits per heavy atom. The third-order valence-electron chi connectivity index (χ3n) is 12.8. The highest BCUT2D eigenvalue weighted by atomic mass is 16.3. The average Bonchev–Trinajstić information content (AvgIpc) is 3.85. The number of fused-ring (bicyclic) bond motifs is 6. The number of nitrogens with zero attached hydrogens (tertiary/aromatic N) is 2. The maximum atomic E-state index is 9.28. The maximum Gasteiger partial charge on any atom is 0.144 e. The molecule has 0 unspecified atom stereocenters. The van der Waals surface area contributed by atoms with Gasteiger partial charge in [-0.2, -0.15) is 0 Å². The molecule has 3 nitrogen and oxygen atoms in total. The van der Waals surface area contributed by atoms with Gasteiger partial charge in [-0.15, -0.1) is 0 Å². The molecule has 312 valence electrons. The summed E-state index contributed by atoms with van der Waals surface area (Å²) in [6.07, 6.45) is -0.472. The van der Waals surface area contributed by atoms with Crippen molar-refractivity contribution in [1.29, 1.82) is 0 Å². The van der Waals surface area contributed by atoms with Crippen LogP contribution in [0.15, 0.2) is 247 Å². The van der Waals surface area contributed by atoms with Gasteiger partial charge in [0, 0.05) is 44.8 Å². The topological polar surface area (TPSA) is 38.9 Å². The minimum absolute atomic E-state index is 0.0165. The molecule has 0 saturated carbocycles. The molecule has 0 fully saturated rings. The van der Waals surface area contributed by atoms with E-state index in [9.17, 15) is 2.74 Å². The van der Waals surface area contributed by atoms with Gasteiger partial charge in [0.1, 0.15) is 11.5 Å². The van der Waals surface area contributed by atoms with Crippen LogP contribution >= 0.6 is 0 Å². The van der Waals surface area contributed by atoms with Crippen LogP contribution in [0.3, 0.4) is 0 Å². The van der Waals surface area contributed by atoms with Crippen LogP contribution in [0.1, 0.15) is 9.60 Å². The van der Waals surface area contributed by atoms with E-state index >= 15 is 0 Å². The molecule has 13 rings (SSSR count). The lowest BCUT2D eigenvalue weighted by Gasteiger charge is -2.17. The summed E-state index contributed by atoms with van der Waals surface area (Å²) in [6.45, 7) is 0. The molecule has 0 amide bonds. The summed E-state index contributed by atoms with van der Waals surface area (Å²) in [5.74, 6) is 1.50. The zero-order chi connectivity index (χ0) is 50.4. The van der Waals surface area contributed by atoms with Crippen molar-refractivity contribution in [1.82, 2.24) is 9.97 Å². The molecule has 3 heteroatoms. The second kappa shape index (κ2) is 16.0. The molecule has 0 aliphatic rings. The fourth-order valence-electron chi connectivity index (χ4n) is 9.89. The third kappa shape index (κ3) is 6.43. The van der Waals surface area contributed by atoms with Crippen molar-refractivity contribution in [3.05, 3.63) is 243 Å². The summed E-state index contributed by atoms with van der Waals surface area (Å²) in [4.78, 5) is 9.18. The molecule has 0 spiro atoms. The van der Waals surface area contributed by atoms with Crippen LogP contribution in [-0.2, 0) is 0 Å². The van der Waals surface area contributed by atoms with Gasteiger partial charge < -0.3 is 4.42 Å². The van der Waals surface area contributed by atoms with Crippen LogP contribution in [0.5, 0.6) is 0 Å². The minimum atomic E-state index is -0.472. The van der Waals surface area contributed by atoms with Crippen molar-refractivity contribution >= 4 is 54.1 Å². The van der Waals surface area contributed by atoms with Crippen molar-refractivity contribution in [3.8, 4) is 78.4 Å². The number of hydrogen-bond donors (Lipinski definition) is 0. The van der Waals surface area contributed by atoms with Crippen molar-refractivity contribution in [2.45, 2.75) is 0 Å². The number of rotatable bonds is 7. The lowest BCUT2D eigenvalue weighted by atomic mass is 9.85. The second-order valence-corrected chi connectivity index (χ2v) is 16.6. The van der Waals surface area contributed by atoms with Gasteiger partial charge in [-0.05, 0) is 83.8 Å². The van der Waals surface area contributed by atoms with Gasteiger partial charge in [0.05, 0.1) is 26.3 Å². The monoisotopic (exact) mass is 859 g/mol. The van der Waals surface area contributed by atoms with Gasteiger partial charge in [0.25, 0.3) is 0 Å². The Morgan fingerprint density at radius 1 is 0.343 bits per heavy atom. The van der Waals surface area contributed by atoms with Gasteiger partial charge in [-0.1, -0.05) is 218 Å². The van der Waals surface area contributed by atoms with E-state index in [0.29, 0.717) is 5.56 Å². The first-order valence-electron chi connectivity index (χ1n) is 25.7. The molecule has 13 aromatic rings. The molecule has 0 N–H and O–H groups in total. The zero-order valence-corrected chi connectivity index (χ0v) is 35.9. The summed E-state index contributed by atoms with van der Waals surface area (Å²) in [5.41, 5.74) is 10.7. The van der Waals surface area contributed by atoms with E-state index in [-0.39, 0.29) is 45.6 Å². The Kier molecular flexibility index (Phi) is 7.58. The molecule has 67 heavy (non-hydrogen) atoms. The summed E-state index contributed by atoms with van der Waals surface area (Å²) in [5, 5.41) is 5.89. The van der Waals surface area contributed by atoms with Crippen LogP contribution in [0.4, 0.5) is 0 Å². The molecular formula is C64H40N2O. The number of benzene rings is 10. The first-order chi connectivity index (χ1) is 36.2. The minimum Gasteiger partial charge on any atom is -0.455 e. The largest absolute Gasteiger partial charge is 0.455 e. The Bertz CT molecular complexity index is 4390. The van der Waals surface area contributed by atoms with E-state index in [2.05, 4.69) is 145 Å². The molecule has 0 aliphatic carbocycles. The highest BCUT2D eigenvalue weighted by Crippen LogP contribution is 2.53. The first-order valence-corrected chi connectivity index (χ1v) is 22.2. The predicted octanol–water partition coefficient (Wildman–Crippen LogP) is 17.5. The predicted molar refractivity (Wildman–Crippen MR) is 280 cm³/mol. The highest BCUT2D eigenvalue weighted by Gasteiger charge is 2.29. The quantitative estimate of drug-likeness (QED) is 0.118. The lowest BCUT2D eigenvalue weighted by Crippen LogP contribution is -1.92. The molecule has 3 aromatic heterocycles.